The summed E-state index contributed by atoms with van der Waals surface area (Å²) < 4.78 is 0.679. The number of benzene rings is 1. The maximum absolute atomic E-state index is 4.81. The van der Waals surface area contributed by atoms with E-state index >= 15 is 0 Å². The van der Waals surface area contributed by atoms with Gasteiger partial charge in [0, 0.05) is 11.6 Å². The highest BCUT2D eigenvalue weighted by Gasteiger charge is 2.29. The molecule has 3 nitrogen and oxygen atoms in total. The molecule has 1 unspecified atom stereocenters. The van der Waals surface area contributed by atoms with E-state index in [-0.39, 0.29) is 0 Å². The second-order valence-electron chi connectivity index (χ2n) is 6.76. The van der Waals surface area contributed by atoms with Crippen LogP contribution in [0.2, 0.25) is 0 Å². The zero-order chi connectivity index (χ0) is 15.4. The van der Waals surface area contributed by atoms with Crippen LogP contribution >= 0.6 is 0 Å². The normalized spacial score (nSPS) is 25.3. The largest absolute Gasteiger partial charge is 0.377 e. The molecule has 0 amide bonds. The van der Waals surface area contributed by atoms with Crippen LogP contribution in [-0.2, 0) is 6.54 Å². The van der Waals surface area contributed by atoms with E-state index in [4.69, 9.17) is 5.10 Å². The van der Waals surface area contributed by atoms with E-state index in [0.717, 1.165) is 13.1 Å². The lowest BCUT2D eigenvalue weighted by Gasteiger charge is -2.25. The third-order valence-corrected chi connectivity index (χ3v) is 4.91. The van der Waals surface area contributed by atoms with Crippen molar-refractivity contribution >= 4 is 6.21 Å². The molecule has 118 valence electrons. The molecule has 1 aliphatic carbocycles. The first-order valence-electron chi connectivity index (χ1n) is 8.66. The summed E-state index contributed by atoms with van der Waals surface area (Å²) in [5.74, 6) is 0. The Morgan fingerprint density at radius 3 is 2.55 bits per heavy atom. The highest BCUT2D eigenvalue weighted by atomic mass is 15.6. The zero-order valence-corrected chi connectivity index (χ0v) is 13.9. The fraction of sp³-hybridized carbons (Fsp3) is 0.526. The van der Waals surface area contributed by atoms with Crippen LogP contribution in [0, 0.1) is 6.92 Å². The number of nitrogens with one attached hydrogen (secondary N) is 1. The minimum absolute atomic E-state index is 0.641. The number of allylic oxidation sites excluding steroid dienone is 1. The predicted molar refractivity (Wildman–Crippen MR) is 92.3 cm³/mol. The van der Waals surface area contributed by atoms with Crippen LogP contribution in [0.1, 0.15) is 50.2 Å². The number of hydrogen-bond donors (Lipinski definition) is 1. The summed E-state index contributed by atoms with van der Waals surface area (Å²) in [5, 5.41) is 8.51. The van der Waals surface area contributed by atoms with Crippen LogP contribution < -0.4 is 5.32 Å². The third-order valence-electron chi connectivity index (χ3n) is 4.91. The molecule has 1 aliphatic heterocycles. The fourth-order valence-corrected chi connectivity index (χ4v) is 3.44. The molecule has 0 aromatic heterocycles. The fourth-order valence-electron chi connectivity index (χ4n) is 3.44. The Hall–Kier alpha value is -1.61. The van der Waals surface area contributed by atoms with Crippen molar-refractivity contribution in [2.45, 2.75) is 58.5 Å². The summed E-state index contributed by atoms with van der Waals surface area (Å²) in [6, 6.07) is 9.46. The minimum Gasteiger partial charge on any atom is -0.377 e. The average Bonchev–Trinajstić information content (AvgIpc) is 2.94. The molecule has 1 aromatic carbocycles. The Bertz CT molecular complexity index is 553. The molecule has 1 fully saturated rings. The number of aryl methyl sites for hydroxylation is 1. The molecule has 0 radical (unpaired) electrons. The lowest BCUT2D eigenvalue weighted by molar-refractivity contribution is -0.895. The Balaban J connectivity index is 1.68. The van der Waals surface area contributed by atoms with E-state index in [1.54, 1.807) is 0 Å². The van der Waals surface area contributed by atoms with Crippen molar-refractivity contribution < 1.29 is 4.59 Å². The molecule has 2 aliphatic rings. The van der Waals surface area contributed by atoms with E-state index in [9.17, 15) is 0 Å². The minimum atomic E-state index is 0.641. The van der Waals surface area contributed by atoms with Gasteiger partial charge in [-0.3, -0.25) is 0 Å². The van der Waals surface area contributed by atoms with Crippen molar-refractivity contribution in [1.82, 2.24) is 5.32 Å². The average molecular weight is 298 g/mol. The molecular weight excluding hydrogens is 270 g/mol. The van der Waals surface area contributed by atoms with E-state index in [1.165, 1.54) is 48.9 Å². The van der Waals surface area contributed by atoms with Gasteiger partial charge >= 0.3 is 0 Å². The molecule has 1 saturated carbocycles. The van der Waals surface area contributed by atoms with Crippen LogP contribution in [0.4, 0.5) is 0 Å². The van der Waals surface area contributed by atoms with Crippen LogP contribution in [0.15, 0.2) is 41.3 Å². The summed E-state index contributed by atoms with van der Waals surface area (Å²) in [4.78, 5) is 0. The standard InChI is InChI=1S/C19H28N3/c1-3-22(14-17-11-9-16(2)10-12-17)15-19(13-20-22)21-18-7-5-4-6-8-18/h9-13,15,18,21H,3-8,14H2,1-2H3/q+1. The van der Waals surface area contributed by atoms with E-state index in [1.807, 2.05) is 6.21 Å². The molecule has 1 heterocycles. The highest BCUT2D eigenvalue weighted by Crippen LogP contribution is 2.24. The van der Waals surface area contributed by atoms with Crippen molar-refractivity contribution in [3.05, 3.63) is 47.3 Å². The molecule has 3 heteroatoms. The van der Waals surface area contributed by atoms with Gasteiger partial charge in [-0.05, 0) is 26.7 Å². The van der Waals surface area contributed by atoms with Crippen LogP contribution in [-0.4, -0.2) is 23.4 Å². The first-order chi connectivity index (χ1) is 10.7. The van der Waals surface area contributed by atoms with Crippen molar-refractivity contribution in [1.29, 1.82) is 0 Å². The van der Waals surface area contributed by atoms with Crippen LogP contribution in [0.3, 0.4) is 0 Å². The van der Waals surface area contributed by atoms with Gasteiger partial charge < -0.3 is 5.32 Å². The maximum atomic E-state index is 4.81. The molecular formula is C19H28N3+. The Morgan fingerprint density at radius 2 is 1.86 bits per heavy atom. The van der Waals surface area contributed by atoms with Gasteiger partial charge in [0.05, 0.1) is 0 Å². The maximum Gasteiger partial charge on any atom is 0.148 e. The number of rotatable bonds is 5. The van der Waals surface area contributed by atoms with Gasteiger partial charge in [-0.2, -0.15) is 4.59 Å². The quantitative estimate of drug-likeness (QED) is 0.813. The Labute approximate surface area is 134 Å². The van der Waals surface area contributed by atoms with Crippen molar-refractivity contribution in [2.75, 3.05) is 6.54 Å². The van der Waals surface area contributed by atoms with E-state index in [2.05, 4.69) is 49.6 Å². The first kappa shape index (κ1) is 15.3. The lowest BCUT2D eigenvalue weighted by Crippen LogP contribution is -2.35. The van der Waals surface area contributed by atoms with Gasteiger partial charge in [-0.1, -0.05) is 54.2 Å². The zero-order valence-electron chi connectivity index (χ0n) is 13.9. The molecule has 0 spiro atoms. The molecule has 22 heavy (non-hydrogen) atoms. The second-order valence-corrected chi connectivity index (χ2v) is 6.76. The van der Waals surface area contributed by atoms with Crippen molar-refractivity contribution in [3.8, 4) is 0 Å². The van der Waals surface area contributed by atoms with E-state index in [0.29, 0.717) is 10.6 Å². The first-order valence-corrected chi connectivity index (χ1v) is 8.66. The Morgan fingerprint density at radius 1 is 1.14 bits per heavy atom. The summed E-state index contributed by atoms with van der Waals surface area (Å²) in [5.41, 5.74) is 3.87. The van der Waals surface area contributed by atoms with Crippen LogP contribution in [0.5, 0.6) is 0 Å². The molecule has 3 rings (SSSR count). The summed E-state index contributed by atoms with van der Waals surface area (Å²) in [6.07, 6.45) is 11.1. The van der Waals surface area contributed by atoms with Gasteiger partial charge in [0.2, 0.25) is 0 Å². The van der Waals surface area contributed by atoms with Gasteiger partial charge in [-0.15, -0.1) is 0 Å². The number of quaternary nitrogens is 1. The predicted octanol–water partition coefficient (Wildman–Crippen LogP) is 4.09. The monoisotopic (exact) mass is 298 g/mol. The van der Waals surface area contributed by atoms with Gasteiger partial charge in [0.15, 0.2) is 0 Å². The summed E-state index contributed by atoms with van der Waals surface area (Å²) >= 11 is 0. The number of nitrogens with zero attached hydrogens (tertiary/aromatic N) is 2. The van der Waals surface area contributed by atoms with Gasteiger partial charge in [0.1, 0.15) is 31.2 Å². The van der Waals surface area contributed by atoms with Gasteiger partial charge in [0.25, 0.3) is 0 Å². The Kier molecular flexibility index (Phi) is 4.63. The summed E-state index contributed by atoms with van der Waals surface area (Å²) in [6.45, 7) is 6.27. The molecule has 0 saturated heterocycles. The molecule has 1 N–H and O–H groups in total. The van der Waals surface area contributed by atoms with Gasteiger partial charge in [-0.25, -0.2) is 0 Å². The number of hydrogen-bond acceptors (Lipinski definition) is 2. The topological polar surface area (TPSA) is 24.4 Å². The third kappa shape index (κ3) is 3.58. The second kappa shape index (κ2) is 6.66. The van der Waals surface area contributed by atoms with Crippen LogP contribution in [0.25, 0.3) is 0 Å². The molecule has 0 bridgehead atoms. The van der Waals surface area contributed by atoms with E-state index < -0.39 is 0 Å². The lowest BCUT2D eigenvalue weighted by atomic mass is 9.95. The summed E-state index contributed by atoms with van der Waals surface area (Å²) in [7, 11) is 0. The van der Waals surface area contributed by atoms with Crippen molar-refractivity contribution in [3.63, 3.8) is 0 Å². The SMILES string of the molecule is CC[N+]1(Cc2ccc(C)cc2)C=C(NC2CCCCC2)C=N1. The molecule has 1 atom stereocenters. The highest BCUT2D eigenvalue weighted by molar-refractivity contribution is 5.78. The smallest absolute Gasteiger partial charge is 0.148 e. The molecule has 1 aromatic rings. The van der Waals surface area contributed by atoms with Crippen molar-refractivity contribution in [2.24, 2.45) is 5.10 Å².